The zero-order valence-corrected chi connectivity index (χ0v) is 8.09. The van der Waals surface area contributed by atoms with Gasteiger partial charge in [-0.15, -0.1) is 0 Å². The molecule has 1 aliphatic rings. The van der Waals surface area contributed by atoms with E-state index < -0.39 is 12.2 Å². The summed E-state index contributed by atoms with van der Waals surface area (Å²) in [5.74, 6) is 0. The number of rotatable bonds is 1. The fraction of sp³-hybridized carbons (Fsp3) is 0.500. The molecule has 1 aromatic heterocycles. The summed E-state index contributed by atoms with van der Waals surface area (Å²) in [5.41, 5.74) is 1.95. The van der Waals surface area contributed by atoms with Crippen LogP contribution in [0.5, 0.6) is 0 Å². The zero-order chi connectivity index (χ0) is 10.1. The number of anilines is 1. The maximum Gasteiger partial charge on any atom is 0.0990 e. The molecule has 2 heterocycles. The molecule has 0 amide bonds. The molecule has 1 aliphatic heterocycles. The van der Waals surface area contributed by atoms with Crippen molar-refractivity contribution in [1.82, 2.24) is 4.98 Å². The molecule has 1 fully saturated rings. The van der Waals surface area contributed by atoms with Crippen LogP contribution in [0.1, 0.15) is 5.69 Å². The monoisotopic (exact) mass is 194 g/mol. The first-order valence-electron chi connectivity index (χ1n) is 4.70. The Labute approximate surface area is 82.8 Å². The number of nitrogens with zero attached hydrogens (tertiary/aromatic N) is 2. The first-order chi connectivity index (χ1) is 6.66. The molecule has 0 spiro atoms. The molecule has 0 radical (unpaired) electrons. The number of hydrogen-bond acceptors (Lipinski definition) is 4. The minimum absolute atomic E-state index is 0.491. The molecular weight excluding hydrogens is 180 g/mol. The molecule has 2 rings (SSSR count). The third-order valence-corrected chi connectivity index (χ3v) is 2.50. The van der Waals surface area contributed by atoms with Gasteiger partial charge in [-0.1, -0.05) is 0 Å². The van der Waals surface area contributed by atoms with E-state index in [1.807, 2.05) is 24.0 Å². The van der Waals surface area contributed by atoms with E-state index in [1.165, 1.54) is 0 Å². The van der Waals surface area contributed by atoms with Gasteiger partial charge in [0.25, 0.3) is 0 Å². The fourth-order valence-electron chi connectivity index (χ4n) is 1.71. The van der Waals surface area contributed by atoms with Crippen LogP contribution in [-0.2, 0) is 0 Å². The van der Waals surface area contributed by atoms with Crippen molar-refractivity contribution < 1.29 is 10.2 Å². The van der Waals surface area contributed by atoms with E-state index in [-0.39, 0.29) is 0 Å². The maximum atomic E-state index is 9.39. The van der Waals surface area contributed by atoms with Crippen LogP contribution in [0, 0.1) is 6.92 Å². The Morgan fingerprint density at radius 2 is 2.00 bits per heavy atom. The minimum atomic E-state index is -0.636. The molecule has 0 saturated carbocycles. The van der Waals surface area contributed by atoms with E-state index in [1.54, 1.807) is 6.20 Å². The highest BCUT2D eigenvalue weighted by atomic mass is 16.3. The van der Waals surface area contributed by atoms with Crippen molar-refractivity contribution in [3.8, 4) is 0 Å². The topological polar surface area (TPSA) is 56.6 Å². The summed E-state index contributed by atoms with van der Waals surface area (Å²) in [7, 11) is 0. The lowest BCUT2D eigenvalue weighted by molar-refractivity contribution is 0.0572. The normalized spacial score (nSPS) is 26.9. The summed E-state index contributed by atoms with van der Waals surface area (Å²) in [6.07, 6.45) is 0.466. The van der Waals surface area contributed by atoms with Gasteiger partial charge in [-0.3, -0.25) is 4.98 Å². The van der Waals surface area contributed by atoms with Gasteiger partial charge in [0, 0.05) is 30.7 Å². The van der Waals surface area contributed by atoms with E-state index in [0.717, 1.165) is 11.4 Å². The van der Waals surface area contributed by atoms with Gasteiger partial charge in [0.05, 0.1) is 12.2 Å². The highest BCUT2D eigenvalue weighted by molar-refractivity contribution is 5.47. The van der Waals surface area contributed by atoms with Gasteiger partial charge < -0.3 is 15.1 Å². The molecule has 1 aromatic rings. The Morgan fingerprint density at radius 1 is 1.36 bits per heavy atom. The van der Waals surface area contributed by atoms with Crippen LogP contribution in [-0.4, -0.2) is 40.5 Å². The van der Waals surface area contributed by atoms with Gasteiger partial charge >= 0.3 is 0 Å². The Balaban J connectivity index is 2.17. The molecule has 4 heteroatoms. The number of pyridine rings is 1. The van der Waals surface area contributed by atoms with Crippen LogP contribution < -0.4 is 4.90 Å². The number of aliphatic hydroxyl groups is 2. The predicted octanol–water partition coefficient (Wildman–Crippen LogP) is -0.0682. The molecule has 76 valence electrons. The Hall–Kier alpha value is -1.13. The van der Waals surface area contributed by atoms with E-state index in [2.05, 4.69) is 4.98 Å². The molecule has 1 saturated heterocycles. The first-order valence-corrected chi connectivity index (χ1v) is 4.70. The van der Waals surface area contributed by atoms with Crippen LogP contribution in [0.3, 0.4) is 0 Å². The van der Waals surface area contributed by atoms with E-state index >= 15 is 0 Å². The smallest absolute Gasteiger partial charge is 0.0990 e. The van der Waals surface area contributed by atoms with Gasteiger partial charge in [-0.05, 0) is 19.1 Å². The summed E-state index contributed by atoms with van der Waals surface area (Å²) in [5, 5.41) is 18.8. The molecule has 0 bridgehead atoms. The summed E-state index contributed by atoms with van der Waals surface area (Å²) in [6, 6.07) is 3.84. The van der Waals surface area contributed by atoms with Gasteiger partial charge in [-0.25, -0.2) is 0 Å². The highest BCUT2D eigenvalue weighted by Gasteiger charge is 2.29. The highest BCUT2D eigenvalue weighted by Crippen LogP contribution is 2.20. The van der Waals surface area contributed by atoms with Gasteiger partial charge in [0.2, 0.25) is 0 Å². The van der Waals surface area contributed by atoms with Crippen LogP contribution in [0.25, 0.3) is 0 Å². The third kappa shape index (κ3) is 1.71. The second-order valence-electron chi connectivity index (χ2n) is 3.70. The molecule has 0 aromatic carbocycles. The van der Waals surface area contributed by atoms with E-state index in [9.17, 15) is 10.2 Å². The zero-order valence-electron chi connectivity index (χ0n) is 8.09. The molecule has 2 unspecified atom stereocenters. The summed E-state index contributed by atoms with van der Waals surface area (Å²) in [4.78, 5) is 6.06. The molecule has 14 heavy (non-hydrogen) atoms. The fourth-order valence-corrected chi connectivity index (χ4v) is 1.71. The molecule has 0 aliphatic carbocycles. The second kappa shape index (κ2) is 3.55. The lowest BCUT2D eigenvalue weighted by Crippen LogP contribution is -2.22. The average molecular weight is 194 g/mol. The average Bonchev–Trinajstić information content (AvgIpc) is 2.47. The number of aryl methyl sites for hydroxylation is 1. The predicted molar refractivity (Wildman–Crippen MR) is 53.2 cm³/mol. The van der Waals surface area contributed by atoms with Crippen molar-refractivity contribution in [3.63, 3.8) is 0 Å². The SMILES string of the molecule is Cc1cc(N2CC(O)C(O)C2)ccn1. The quantitative estimate of drug-likeness (QED) is 0.657. The Bertz CT molecular complexity index is 320. The lowest BCUT2D eigenvalue weighted by atomic mass is 10.3. The van der Waals surface area contributed by atoms with Crippen molar-refractivity contribution in [2.45, 2.75) is 19.1 Å². The summed E-state index contributed by atoms with van der Waals surface area (Å²) < 4.78 is 0. The number of aliphatic hydroxyl groups excluding tert-OH is 2. The van der Waals surface area contributed by atoms with E-state index in [0.29, 0.717) is 13.1 Å². The summed E-state index contributed by atoms with van der Waals surface area (Å²) >= 11 is 0. The number of hydrogen-bond donors (Lipinski definition) is 2. The number of β-amino-alcohol motifs (C(OH)–C–C–N with tert-alkyl or cyclic N) is 2. The largest absolute Gasteiger partial charge is 0.389 e. The van der Waals surface area contributed by atoms with Crippen LogP contribution >= 0.6 is 0 Å². The van der Waals surface area contributed by atoms with Crippen molar-refractivity contribution in [2.75, 3.05) is 18.0 Å². The van der Waals surface area contributed by atoms with Crippen molar-refractivity contribution in [3.05, 3.63) is 24.0 Å². The van der Waals surface area contributed by atoms with E-state index in [4.69, 9.17) is 0 Å². The lowest BCUT2D eigenvalue weighted by Gasteiger charge is -2.17. The maximum absolute atomic E-state index is 9.39. The molecular formula is C10H14N2O2. The second-order valence-corrected chi connectivity index (χ2v) is 3.70. The number of aromatic nitrogens is 1. The van der Waals surface area contributed by atoms with Crippen LogP contribution in [0.2, 0.25) is 0 Å². The standard InChI is InChI=1S/C10H14N2O2/c1-7-4-8(2-3-11-7)12-5-9(13)10(14)6-12/h2-4,9-10,13-14H,5-6H2,1H3. The Kier molecular flexibility index (Phi) is 2.39. The van der Waals surface area contributed by atoms with Gasteiger partial charge in [0.1, 0.15) is 0 Å². The molecule has 2 atom stereocenters. The molecule has 4 nitrogen and oxygen atoms in total. The summed E-state index contributed by atoms with van der Waals surface area (Å²) in [6.45, 7) is 2.90. The molecule has 2 N–H and O–H groups in total. The van der Waals surface area contributed by atoms with Crippen molar-refractivity contribution in [1.29, 1.82) is 0 Å². The van der Waals surface area contributed by atoms with Crippen LogP contribution in [0.4, 0.5) is 5.69 Å². The van der Waals surface area contributed by atoms with Crippen LogP contribution in [0.15, 0.2) is 18.3 Å². The van der Waals surface area contributed by atoms with Gasteiger partial charge in [0.15, 0.2) is 0 Å². The minimum Gasteiger partial charge on any atom is -0.389 e. The third-order valence-electron chi connectivity index (χ3n) is 2.50. The van der Waals surface area contributed by atoms with Crippen molar-refractivity contribution >= 4 is 5.69 Å². The Morgan fingerprint density at radius 3 is 2.57 bits per heavy atom. The van der Waals surface area contributed by atoms with Gasteiger partial charge in [-0.2, -0.15) is 0 Å². The van der Waals surface area contributed by atoms with Crippen molar-refractivity contribution in [2.24, 2.45) is 0 Å². The first kappa shape index (κ1) is 9.43.